The first kappa shape index (κ1) is 36.5. The third-order valence-corrected chi connectivity index (χ3v) is 10.9. The molecule has 1 aliphatic heterocycles. The Kier molecular flexibility index (Phi) is 9.05. The Balaban J connectivity index is 0.00000422. The van der Waals surface area contributed by atoms with E-state index in [2.05, 4.69) is 193 Å². The first-order chi connectivity index (χ1) is 27.2. The van der Waals surface area contributed by atoms with E-state index in [1.54, 1.807) is 0 Å². The van der Waals surface area contributed by atoms with Crippen molar-refractivity contribution in [3.63, 3.8) is 0 Å². The number of pyridine rings is 1. The number of anilines is 1. The van der Waals surface area contributed by atoms with Crippen LogP contribution in [-0.2, 0) is 33.5 Å². The van der Waals surface area contributed by atoms with Crippen molar-refractivity contribution in [2.24, 2.45) is 7.05 Å². The third-order valence-electron chi connectivity index (χ3n) is 10.9. The molecule has 57 heavy (non-hydrogen) atoms. The predicted octanol–water partition coefficient (Wildman–Crippen LogP) is 12.0. The fraction of sp³-hybridized carbons (Fsp3) is 0.120. The van der Waals surface area contributed by atoms with Gasteiger partial charge in [0.25, 0.3) is 0 Å². The molecule has 0 aliphatic carbocycles. The predicted molar refractivity (Wildman–Crippen MR) is 230 cm³/mol. The molecule has 6 nitrogen and oxygen atoms in total. The van der Waals surface area contributed by atoms with Crippen molar-refractivity contribution < 1.29 is 25.8 Å². The van der Waals surface area contributed by atoms with E-state index in [1.165, 1.54) is 16.5 Å². The molecule has 7 heteroatoms. The summed E-state index contributed by atoms with van der Waals surface area (Å²) in [6.07, 6.45) is 4.14. The number of fused-ring (bicyclic) bond motifs is 6. The van der Waals surface area contributed by atoms with E-state index in [9.17, 15) is 0 Å². The van der Waals surface area contributed by atoms with E-state index >= 15 is 0 Å². The van der Waals surface area contributed by atoms with Crippen LogP contribution in [0.1, 0.15) is 31.9 Å². The van der Waals surface area contributed by atoms with Gasteiger partial charge in [0.2, 0.25) is 0 Å². The van der Waals surface area contributed by atoms with Crippen LogP contribution in [0.25, 0.3) is 66.3 Å². The van der Waals surface area contributed by atoms with Crippen molar-refractivity contribution in [1.29, 1.82) is 0 Å². The average molecular weight is 922 g/mol. The molecule has 4 heterocycles. The number of para-hydroxylation sites is 1. The van der Waals surface area contributed by atoms with Crippen molar-refractivity contribution in [1.82, 2.24) is 19.0 Å². The molecule has 0 saturated carbocycles. The van der Waals surface area contributed by atoms with Crippen molar-refractivity contribution >= 4 is 55.0 Å². The monoisotopic (exact) mass is 921 g/mol. The number of hydrogen-bond acceptors (Lipinski definition) is 4. The van der Waals surface area contributed by atoms with Gasteiger partial charge in [-0.05, 0) is 52.9 Å². The fourth-order valence-electron chi connectivity index (χ4n) is 8.01. The summed E-state index contributed by atoms with van der Waals surface area (Å²) in [6.45, 7) is 8.76. The molecule has 0 saturated heterocycles. The number of benzene rings is 6. The molecule has 0 fully saturated rings. The molecule has 0 unspecified atom stereocenters. The number of nitrogens with zero attached hydrogens (tertiary/aromatic N) is 5. The van der Waals surface area contributed by atoms with Gasteiger partial charge in [-0.2, -0.15) is 12.7 Å². The zero-order chi connectivity index (χ0) is 38.1. The van der Waals surface area contributed by atoms with Crippen LogP contribution >= 0.6 is 0 Å². The second kappa shape index (κ2) is 14.1. The van der Waals surface area contributed by atoms with Gasteiger partial charge in [-0.1, -0.05) is 117 Å². The van der Waals surface area contributed by atoms with Crippen LogP contribution in [0.2, 0.25) is 0 Å². The third kappa shape index (κ3) is 6.39. The fourth-order valence-corrected chi connectivity index (χ4v) is 8.01. The Hall–Kier alpha value is -6.10. The van der Waals surface area contributed by atoms with Crippen molar-refractivity contribution in [2.75, 3.05) is 11.9 Å². The molecule has 1 aliphatic rings. The smallest absolute Gasteiger partial charge is 0.137 e. The van der Waals surface area contributed by atoms with Crippen LogP contribution in [-0.4, -0.2) is 26.1 Å². The summed E-state index contributed by atoms with van der Waals surface area (Å²) >= 11 is 0. The summed E-state index contributed by atoms with van der Waals surface area (Å²) < 4.78 is 11.2. The number of aromatic nitrogens is 3. The number of aryl methyl sites for hydroxylation is 1. The van der Waals surface area contributed by atoms with Gasteiger partial charge in [0.05, 0.1) is 5.52 Å². The molecular weight excluding hydrogens is 882 g/mol. The first-order valence-electron chi connectivity index (χ1n) is 19.0. The largest absolute Gasteiger partial charge is 0.510 e. The quantitative estimate of drug-likeness (QED) is 0.156. The molecule has 0 bridgehead atoms. The Labute approximate surface area is 347 Å². The molecule has 6 aromatic carbocycles. The minimum atomic E-state index is -0.132. The summed E-state index contributed by atoms with van der Waals surface area (Å²) in [5, 5.41) is 4.52. The Morgan fingerprint density at radius 2 is 1.35 bits per heavy atom. The molecule has 10 rings (SSSR count). The van der Waals surface area contributed by atoms with E-state index in [-0.39, 0.29) is 26.5 Å². The van der Waals surface area contributed by atoms with Gasteiger partial charge in [0, 0.05) is 79.4 Å². The van der Waals surface area contributed by atoms with Crippen molar-refractivity contribution in [3.05, 3.63) is 176 Å². The molecule has 284 valence electrons. The van der Waals surface area contributed by atoms with Gasteiger partial charge in [0.15, 0.2) is 0 Å². The SMILES string of the molecule is CN1C=C(c2ccccc2)N(c2[c-]c(Oc3[c-]c4c(cc3)c3cc(-c5ccccc5)ccc3n4-c3cc4c(cn3)c3ccccc3n4C)cc(C(C)(C)C)c2)[CH-]1.[Pt]. The number of rotatable bonds is 6. The summed E-state index contributed by atoms with van der Waals surface area (Å²) in [4.78, 5) is 9.36. The van der Waals surface area contributed by atoms with Crippen LogP contribution in [0.5, 0.6) is 11.5 Å². The molecule has 0 atom stereocenters. The molecular formula is C50H40N5OPt-3. The second-order valence-corrected chi connectivity index (χ2v) is 15.7. The van der Waals surface area contributed by atoms with Crippen LogP contribution in [0, 0.1) is 18.8 Å². The van der Waals surface area contributed by atoms with Gasteiger partial charge in [0.1, 0.15) is 5.82 Å². The molecule has 0 amide bonds. The summed E-state index contributed by atoms with van der Waals surface area (Å²) in [5.41, 5.74) is 10.7. The summed E-state index contributed by atoms with van der Waals surface area (Å²) in [6, 6.07) is 54.1. The van der Waals surface area contributed by atoms with Gasteiger partial charge >= 0.3 is 0 Å². The van der Waals surface area contributed by atoms with Crippen LogP contribution in [0.4, 0.5) is 5.69 Å². The standard InChI is InChI=1S/C50H40N5O.Pt/c1-50(2,3)36-25-37(54-32-52(4)31-48(54)34-16-10-7-11-17-34)27-39(26-36)56-38-21-22-41-42-24-35(33-14-8-6-9-15-33)20-23-45(42)55(47(41)28-38)49-29-46-43(30-51-49)40-18-12-13-19-44(40)53(46)5;/h6-26,29-32H,1-5H3;/q-3;. The van der Waals surface area contributed by atoms with E-state index in [0.29, 0.717) is 11.5 Å². The maximum Gasteiger partial charge on any atom is 0.137 e. The average Bonchev–Trinajstić information content (AvgIpc) is 3.86. The van der Waals surface area contributed by atoms with Crippen LogP contribution < -0.4 is 9.64 Å². The maximum atomic E-state index is 6.78. The molecule has 3 aromatic heterocycles. The topological polar surface area (TPSA) is 38.5 Å². The first-order valence-corrected chi connectivity index (χ1v) is 19.0. The Bertz CT molecular complexity index is 2990. The maximum absolute atomic E-state index is 6.78. The van der Waals surface area contributed by atoms with Crippen molar-refractivity contribution in [3.8, 4) is 28.4 Å². The zero-order valence-corrected chi connectivity index (χ0v) is 34.7. The van der Waals surface area contributed by atoms with Crippen LogP contribution in [0.3, 0.4) is 0 Å². The summed E-state index contributed by atoms with van der Waals surface area (Å²) in [7, 11) is 4.17. The van der Waals surface area contributed by atoms with Gasteiger partial charge in [-0.3, -0.25) is 0 Å². The molecule has 0 spiro atoms. The minimum absolute atomic E-state index is 0. The normalized spacial score (nSPS) is 13.2. The van der Waals surface area contributed by atoms with E-state index < -0.39 is 0 Å². The van der Waals surface area contributed by atoms with Gasteiger partial charge in [-0.25, -0.2) is 4.98 Å². The van der Waals surface area contributed by atoms with E-state index in [4.69, 9.17) is 9.72 Å². The van der Waals surface area contributed by atoms with Gasteiger partial charge < -0.3 is 23.7 Å². The minimum Gasteiger partial charge on any atom is -0.510 e. The molecule has 0 radical (unpaired) electrons. The molecule has 9 aromatic rings. The summed E-state index contributed by atoms with van der Waals surface area (Å²) in [5.74, 6) is 2.05. The number of ether oxygens (including phenoxy) is 1. The van der Waals surface area contributed by atoms with Crippen molar-refractivity contribution in [2.45, 2.75) is 26.2 Å². The zero-order valence-electron chi connectivity index (χ0n) is 32.4. The van der Waals surface area contributed by atoms with E-state index in [1.807, 2.05) is 25.4 Å². The second-order valence-electron chi connectivity index (χ2n) is 15.7. The number of hydrogen-bond donors (Lipinski definition) is 0. The Morgan fingerprint density at radius 3 is 2.12 bits per heavy atom. The Morgan fingerprint density at radius 1 is 0.614 bits per heavy atom. The van der Waals surface area contributed by atoms with Gasteiger partial charge in [-0.15, -0.1) is 47.0 Å². The van der Waals surface area contributed by atoms with Crippen LogP contribution in [0.15, 0.2) is 146 Å². The molecule has 0 N–H and O–H groups in total. The van der Waals surface area contributed by atoms with E-state index in [0.717, 1.165) is 66.6 Å².